The van der Waals surface area contributed by atoms with E-state index in [0.29, 0.717) is 33.4 Å². The molecule has 0 aromatic heterocycles. The molecule has 5 heteroatoms. The van der Waals surface area contributed by atoms with Gasteiger partial charge in [-0.3, -0.25) is 4.79 Å². The summed E-state index contributed by atoms with van der Waals surface area (Å²) in [6.07, 6.45) is 0.648. The molecule has 2 aromatic carbocycles. The summed E-state index contributed by atoms with van der Waals surface area (Å²) < 4.78 is 0. The molecule has 4 rings (SSSR count). The first-order chi connectivity index (χ1) is 10.1. The summed E-state index contributed by atoms with van der Waals surface area (Å²) in [6.45, 7) is 0. The van der Waals surface area contributed by atoms with Crippen molar-refractivity contribution in [2.24, 2.45) is 0 Å². The van der Waals surface area contributed by atoms with E-state index in [0.717, 1.165) is 16.9 Å². The van der Waals surface area contributed by atoms with Crippen molar-refractivity contribution in [1.29, 1.82) is 0 Å². The van der Waals surface area contributed by atoms with Crippen LogP contribution in [0.25, 0.3) is 0 Å². The number of Topliss-reactive ketones (excluding diaryl/α,β-unsaturated/α-hetero) is 1. The Labute approximate surface area is 131 Å². The van der Waals surface area contributed by atoms with Gasteiger partial charge in [0.25, 0.3) is 0 Å². The number of anilines is 2. The van der Waals surface area contributed by atoms with Gasteiger partial charge in [-0.15, -0.1) is 0 Å². The van der Waals surface area contributed by atoms with Crippen LogP contribution in [0.3, 0.4) is 0 Å². The van der Waals surface area contributed by atoms with Gasteiger partial charge in [-0.25, -0.2) is 0 Å². The maximum Gasteiger partial charge on any atom is 0.213 e. The average molecular weight is 317 g/mol. The Morgan fingerprint density at radius 2 is 1.62 bits per heavy atom. The fraction of sp³-hybridized carbons (Fsp3) is 0.0625. The van der Waals surface area contributed by atoms with E-state index in [2.05, 4.69) is 10.6 Å². The van der Waals surface area contributed by atoms with Crippen LogP contribution in [0.15, 0.2) is 47.8 Å². The van der Waals surface area contributed by atoms with Gasteiger partial charge < -0.3 is 10.6 Å². The molecular formula is C16H10Cl2N2O. The Morgan fingerprint density at radius 3 is 2.33 bits per heavy atom. The maximum absolute atomic E-state index is 12.5. The molecule has 0 spiro atoms. The second-order valence-corrected chi connectivity index (χ2v) is 5.86. The number of allylic oxidation sites excluding steroid dienone is 2. The Balaban J connectivity index is 1.79. The molecule has 0 saturated carbocycles. The van der Waals surface area contributed by atoms with E-state index >= 15 is 0 Å². The van der Waals surface area contributed by atoms with Crippen molar-refractivity contribution in [2.45, 2.75) is 6.42 Å². The van der Waals surface area contributed by atoms with Gasteiger partial charge in [0.1, 0.15) is 5.70 Å². The van der Waals surface area contributed by atoms with Crippen LogP contribution in [0.4, 0.5) is 11.4 Å². The van der Waals surface area contributed by atoms with Crippen molar-refractivity contribution in [3.8, 4) is 0 Å². The maximum atomic E-state index is 12.5. The molecule has 2 heterocycles. The number of para-hydroxylation sites is 2. The molecule has 104 valence electrons. The topological polar surface area (TPSA) is 41.1 Å². The number of carbonyl (C=O) groups is 1. The summed E-state index contributed by atoms with van der Waals surface area (Å²) in [5.41, 5.74) is 4.62. The van der Waals surface area contributed by atoms with Gasteiger partial charge in [-0.05, 0) is 23.8 Å². The monoisotopic (exact) mass is 316 g/mol. The highest BCUT2D eigenvalue weighted by molar-refractivity contribution is 6.36. The van der Waals surface area contributed by atoms with E-state index in [-0.39, 0.29) is 5.78 Å². The molecule has 0 radical (unpaired) electrons. The molecule has 0 bridgehead atoms. The van der Waals surface area contributed by atoms with Gasteiger partial charge >= 0.3 is 0 Å². The summed E-state index contributed by atoms with van der Waals surface area (Å²) in [4.78, 5) is 12.5. The molecule has 0 fully saturated rings. The summed E-state index contributed by atoms with van der Waals surface area (Å²) in [7, 11) is 0. The molecule has 2 aromatic rings. The Bertz CT molecular complexity index is 827. The molecule has 2 N–H and O–H groups in total. The predicted octanol–water partition coefficient (Wildman–Crippen LogP) is 4.48. The van der Waals surface area contributed by atoms with Crippen LogP contribution in [-0.2, 0) is 6.42 Å². The normalized spacial score (nSPS) is 19.0. The average Bonchev–Trinajstić information content (AvgIpc) is 3.03. The van der Waals surface area contributed by atoms with Crippen molar-refractivity contribution in [2.75, 3.05) is 10.6 Å². The van der Waals surface area contributed by atoms with Crippen LogP contribution in [0.2, 0.25) is 10.0 Å². The first kappa shape index (κ1) is 12.7. The largest absolute Gasteiger partial charge is 0.355 e. The SMILES string of the molecule is O=C1/C(=C2/Cc3cccc(Cl)c3N2)Nc2c(Cl)cccc21. The van der Waals surface area contributed by atoms with E-state index in [4.69, 9.17) is 23.2 Å². The van der Waals surface area contributed by atoms with Gasteiger partial charge in [0.2, 0.25) is 5.78 Å². The number of hydrogen-bond acceptors (Lipinski definition) is 3. The molecule has 3 nitrogen and oxygen atoms in total. The minimum absolute atomic E-state index is 0.0427. The lowest BCUT2D eigenvalue weighted by Crippen LogP contribution is -2.09. The predicted molar refractivity (Wildman–Crippen MR) is 85.2 cm³/mol. The van der Waals surface area contributed by atoms with Crippen LogP contribution in [0.5, 0.6) is 0 Å². The van der Waals surface area contributed by atoms with Crippen molar-refractivity contribution >= 4 is 40.4 Å². The third kappa shape index (κ3) is 1.85. The standard InChI is InChI=1S/C16H10Cl2N2O/c17-10-5-1-3-8-7-12(19-13(8)10)15-16(21)9-4-2-6-11(18)14(9)20-15/h1-6,19-20H,7H2/b15-12+. The molecule has 21 heavy (non-hydrogen) atoms. The van der Waals surface area contributed by atoms with Crippen LogP contribution >= 0.6 is 23.2 Å². The molecule has 0 atom stereocenters. The number of carbonyl (C=O) groups excluding carboxylic acids is 1. The highest BCUT2D eigenvalue weighted by Crippen LogP contribution is 2.40. The van der Waals surface area contributed by atoms with E-state index in [1.807, 2.05) is 18.2 Å². The van der Waals surface area contributed by atoms with E-state index in [1.165, 1.54) is 0 Å². The molecule has 2 aliphatic rings. The number of hydrogen-bond donors (Lipinski definition) is 2. The Morgan fingerprint density at radius 1 is 0.905 bits per heavy atom. The molecule has 0 aliphatic carbocycles. The lowest BCUT2D eigenvalue weighted by molar-refractivity contribution is 0.104. The molecule has 0 unspecified atom stereocenters. The highest BCUT2D eigenvalue weighted by Gasteiger charge is 2.31. The Kier molecular flexibility index (Phi) is 2.74. The van der Waals surface area contributed by atoms with Crippen molar-refractivity contribution < 1.29 is 4.79 Å². The number of nitrogens with one attached hydrogen (secondary N) is 2. The van der Waals surface area contributed by atoms with Gasteiger partial charge in [-0.2, -0.15) is 0 Å². The van der Waals surface area contributed by atoms with Gasteiger partial charge in [0.15, 0.2) is 0 Å². The second kappa shape index (κ2) is 4.52. The van der Waals surface area contributed by atoms with Gasteiger partial charge in [-0.1, -0.05) is 41.4 Å². The van der Waals surface area contributed by atoms with E-state index in [1.54, 1.807) is 18.2 Å². The first-order valence-corrected chi connectivity index (χ1v) is 7.28. The summed E-state index contributed by atoms with van der Waals surface area (Å²) in [5, 5.41) is 7.59. The molecule has 0 saturated heterocycles. The first-order valence-electron chi connectivity index (χ1n) is 6.53. The van der Waals surface area contributed by atoms with E-state index in [9.17, 15) is 4.79 Å². The summed E-state index contributed by atoms with van der Waals surface area (Å²) >= 11 is 12.3. The third-order valence-corrected chi connectivity index (χ3v) is 4.41. The number of fused-ring (bicyclic) bond motifs is 2. The molecule has 0 amide bonds. The number of halogens is 2. The van der Waals surface area contributed by atoms with Gasteiger partial charge in [0.05, 0.1) is 21.4 Å². The zero-order valence-electron chi connectivity index (χ0n) is 10.8. The quantitative estimate of drug-likeness (QED) is 0.704. The molecule has 2 aliphatic heterocycles. The minimum atomic E-state index is -0.0427. The van der Waals surface area contributed by atoms with Crippen LogP contribution in [0.1, 0.15) is 15.9 Å². The third-order valence-electron chi connectivity index (χ3n) is 3.78. The van der Waals surface area contributed by atoms with Crippen LogP contribution in [-0.4, -0.2) is 5.78 Å². The lowest BCUT2D eigenvalue weighted by Gasteiger charge is -2.06. The smallest absolute Gasteiger partial charge is 0.213 e. The summed E-state index contributed by atoms with van der Waals surface area (Å²) in [6, 6.07) is 11.1. The Hall–Kier alpha value is -1.97. The van der Waals surface area contributed by atoms with Crippen LogP contribution in [0, 0.1) is 0 Å². The fourth-order valence-corrected chi connectivity index (χ4v) is 3.22. The minimum Gasteiger partial charge on any atom is -0.355 e. The zero-order chi connectivity index (χ0) is 14.6. The van der Waals surface area contributed by atoms with Crippen molar-refractivity contribution in [3.63, 3.8) is 0 Å². The van der Waals surface area contributed by atoms with E-state index < -0.39 is 0 Å². The van der Waals surface area contributed by atoms with Crippen molar-refractivity contribution in [3.05, 3.63) is 69.0 Å². The second-order valence-electron chi connectivity index (χ2n) is 5.05. The highest BCUT2D eigenvalue weighted by atomic mass is 35.5. The number of benzene rings is 2. The molecular weight excluding hydrogens is 307 g/mol. The zero-order valence-corrected chi connectivity index (χ0v) is 12.3. The van der Waals surface area contributed by atoms with Crippen molar-refractivity contribution in [1.82, 2.24) is 0 Å². The van der Waals surface area contributed by atoms with Crippen LogP contribution < -0.4 is 10.6 Å². The van der Waals surface area contributed by atoms with Gasteiger partial charge in [0, 0.05) is 17.7 Å². The lowest BCUT2D eigenvalue weighted by atomic mass is 10.1. The number of ketones is 1. The summed E-state index contributed by atoms with van der Waals surface area (Å²) in [5.74, 6) is -0.0427. The fourth-order valence-electron chi connectivity index (χ4n) is 2.76. The number of rotatable bonds is 0.